The van der Waals surface area contributed by atoms with Crippen molar-refractivity contribution >= 4 is 29.1 Å². The van der Waals surface area contributed by atoms with Crippen LogP contribution in [-0.2, 0) is 28.9 Å². The van der Waals surface area contributed by atoms with Crippen LogP contribution in [-0.4, -0.2) is 81.4 Å². The van der Waals surface area contributed by atoms with Gasteiger partial charge in [-0.25, -0.2) is 9.18 Å². The first-order valence-corrected chi connectivity index (χ1v) is 17.1. The molecule has 282 valence electrons. The van der Waals surface area contributed by atoms with E-state index in [1.54, 1.807) is 12.1 Å². The molecule has 0 unspecified atom stereocenters. The van der Waals surface area contributed by atoms with Gasteiger partial charge in [0.15, 0.2) is 0 Å². The number of nitrogens with zero attached hydrogens (tertiary/aromatic N) is 4. The molecule has 2 aromatic carbocycles. The molecule has 0 saturated carbocycles. The number of hydrogen-bond donors (Lipinski definition) is 1. The number of alkyl halides is 6. The van der Waals surface area contributed by atoms with Crippen molar-refractivity contribution in [3.8, 4) is 10.4 Å². The third-order valence-electron chi connectivity index (χ3n) is 9.87. The fourth-order valence-electron chi connectivity index (χ4n) is 6.79. The molecule has 4 aromatic rings. The predicted octanol–water partition coefficient (Wildman–Crippen LogP) is 7.22. The van der Waals surface area contributed by atoms with Crippen molar-refractivity contribution in [3.63, 3.8) is 0 Å². The number of rotatable bonds is 10. The molecule has 0 bridgehead atoms. The topological polar surface area (TPSA) is 105 Å². The molecule has 9 nitrogen and oxygen atoms in total. The van der Waals surface area contributed by atoms with Gasteiger partial charge in [0.2, 0.25) is 5.91 Å². The molecule has 0 aliphatic carbocycles. The molecule has 2 aromatic heterocycles. The van der Waals surface area contributed by atoms with Crippen LogP contribution in [0.25, 0.3) is 10.4 Å². The molecule has 6 rings (SSSR count). The fraction of sp³-hybridized carbons (Fsp3) is 0.389. The molecule has 2 fully saturated rings. The lowest BCUT2D eigenvalue weighted by Gasteiger charge is -2.52. The van der Waals surface area contributed by atoms with Gasteiger partial charge >= 0.3 is 18.3 Å². The summed E-state index contributed by atoms with van der Waals surface area (Å²) in [6, 6.07) is 12.2. The minimum Gasteiger partial charge on any atom is -0.478 e. The molecule has 2 amide bonds. The lowest BCUT2D eigenvalue weighted by Crippen LogP contribution is -2.66. The standard InChI is InChI=1S/C36H33F7N4O5S/c1-33(2,36(41,42)43)32(51)46-19-34(20-46)18-45(30(48)23-12-44-47(14-23)13-21-6-8-25(37)9-7-21)15-24(34)17-52-16-22-4-3-5-26(29(22)31(49)50)27-10-11-28(53-27)35(38,39)40/h3-12,14,24H,13,15-20H2,1-2H3,(H,49,50)/t24-/m0/s1. The molecule has 1 N–H and O–H groups in total. The second-order valence-corrected chi connectivity index (χ2v) is 15.0. The Morgan fingerprint density at radius 3 is 2.26 bits per heavy atom. The minimum atomic E-state index is -4.80. The Hall–Kier alpha value is -4.77. The Kier molecular flexibility index (Phi) is 9.96. The molecule has 2 aliphatic rings. The van der Waals surface area contributed by atoms with Crippen LogP contribution < -0.4 is 0 Å². The van der Waals surface area contributed by atoms with Gasteiger partial charge in [-0.05, 0) is 49.2 Å². The second kappa shape index (κ2) is 13.9. The number of thiophene rings is 1. The maximum absolute atomic E-state index is 13.7. The summed E-state index contributed by atoms with van der Waals surface area (Å²) in [7, 11) is 0. The summed E-state index contributed by atoms with van der Waals surface area (Å²) in [6.07, 6.45) is -6.50. The van der Waals surface area contributed by atoms with E-state index in [1.165, 1.54) is 58.4 Å². The minimum absolute atomic E-state index is 0.0706. The molecule has 53 heavy (non-hydrogen) atoms. The average Bonchev–Trinajstić information content (AvgIpc) is 3.83. The number of carbonyl (C=O) groups is 3. The van der Waals surface area contributed by atoms with Crippen molar-refractivity contribution in [3.05, 3.63) is 99.9 Å². The molecule has 17 heteroatoms. The average molecular weight is 767 g/mol. The highest BCUT2D eigenvalue weighted by Crippen LogP contribution is 2.48. The van der Waals surface area contributed by atoms with E-state index in [0.29, 0.717) is 11.3 Å². The van der Waals surface area contributed by atoms with Crippen LogP contribution in [0.15, 0.2) is 67.0 Å². The third kappa shape index (κ3) is 7.54. The van der Waals surface area contributed by atoms with E-state index in [1.807, 2.05) is 0 Å². The van der Waals surface area contributed by atoms with Crippen LogP contribution in [0.5, 0.6) is 0 Å². The molecule has 2 saturated heterocycles. The lowest BCUT2D eigenvalue weighted by atomic mass is 9.70. The zero-order valence-electron chi connectivity index (χ0n) is 28.3. The number of aromatic nitrogens is 2. The normalized spacial score (nSPS) is 17.3. The van der Waals surface area contributed by atoms with Crippen molar-refractivity contribution in [2.24, 2.45) is 16.7 Å². The Morgan fingerprint density at radius 2 is 1.64 bits per heavy atom. The molecule has 1 atom stereocenters. The predicted molar refractivity (Wildman–Crippen MR) is 177 cm³/mol. The van der Waals surface area contributed by atoms with E-state index in [2.05, 4.69) is 5.10 Å². The molecule has 1 spiro atoms. The highest BCUT2D eigenvalue weighted by molar-refractivity contribution is 7.15. The first-order chi connectivity index (χ1) is 24.8. The molecule has 2 aliphatic heterocycles. The molecular formula is C36H33F7N4O5S. The summed E-state index contributed by atoms with van der Waals surface area (Å²) in [5.74, 6) is -3.78. The smallest absolute Gasteiger partial charge is 0.425 e. The van der Waals surface area contributed by atoms with Crippen LogP contribution >= 0.6 is 11.3 Å². The van der Waals surface area contributed by atoms with Crippen molar-refractivity contribution in [2.45, 2.75) is 39.4 Å². The Labute approximate surface area is 302 Å². The highest BCUT2D eigenvalue weighted by Gasteiger charge is 2.61. The van der Waals surface area contributed by atoms with Gasteiger partial charge in [-0.1, -0.05) is 30.3 Å². The molecule has 4 heterocycles. The van der Waals surface area contributed by atoms with Gasteiger partial charge in [-0.15, -0.1) is 11.3 Å². The maximum atomic E-state index is 13.7. The number of halogens is 7. The Balaban J connectivity index is 1.20. The number of amides is 2. The number of hydrogen-bond acceptors (Lipinski definition) is 6. The van der Waals surface area contributed by atoms with Gasteiger partial charge in [-0.3, -0.25) is 14.3 Å². The summed E-state index contributed by atoms with van der Waals surface area (Å²) >= 11 is 0.408. The lowest BCUT2D eigenvalue weighted by molar-refractivity contribution is -0.223. The van der Waals surface area contributed by atoms with Crippen molar-refractivity contribution in [2.75, 3.05) is 32.8 Å². The number of likely N-dealkylation sites (tertiary alicyclic amines) is 2. The van der Waals surface area contributed by atoms with E-state index in [0.717, 1.165) is 30.4 Å². The third-order valence-corrected chi connectivity index (χ3v) is 11.0. The summed E-state index contributed by atoms with van der Waals surface area (Å²) in [4.78, 5) is 40.9. The van der Waals surface area contributed by atoms with Gasteiger partial charge in [0.05, 0.1) is 37.1 Å². The van der Waals surface area contributed by atoms with Gasteiger partial charge in [-0.2, -0.15) is 31.4 Å². The number of carboxylic acids is 1. The first kappa shape index (κ1) is 38.0. The maximum Gasteiger partial charge on any atom is 0.425 e. The van der Waals surface area contributed by atoms with Gasteiger partial charge in [0, 0.05) is 54.1 Å². The van der Waals surface area contributed by atoms with Crippen LogP contribution in [0, 0.1) is 22.6 Å². The van der Waals surface area contributed by atoms with Crippen molar-refractivity contribution in [1.29, 1.82) is 0 Å². The van der Waals surface area contributed by atoms with E-state index >= 15 is 0 Å². The quantitative estimate of drug-likeness (QED) is 0.171. The zero-order valence-corrected chi connectivity index (χ0v) is 29.1. The first-order valence-electron chi connectivity index (χ1n) is 16.3. The van der Waals surface area contributed by atoms with Crippen LogP contribution in [0.4, 0.5) is 30.7 Å². The zero-order chi connectivity index (χ0) is 38.5. The second-order valence-electron chi connectivity index (χ2n) is 13.9. The summed E-state index contributed by atoms with van der Waals surface area (Å²) in [5.41, 5.74) is -2.48. The van der Waals surface area contributed by atoms with Crippen LogP contribution in [0.2, 0.25) is 0 Å². The van der Waals surface area contributed by atoms with Gasteiger partial charge in [0.25, 0.3) is 5.91 Å². The number of carbonyl (C=O) groups excluding carboxylic acids is 2. The molecule has 0 radical (unpaired) electrons. The van der Waals surface area contributed by atoms with E-state index < -0.39 is 57.6 Å². The van der Waals surface area contributed by atoms with Crippen LogP contribution in [0.3, 0.4) is 0 Å². The summed E-state index contributed by atoms with van der Waals surface area (Å²) < 4.78 is 102. The monoisotopic (exact) mass is 766 g/mol. The number of ether oxygens (including phenoxy) is 1. The number of carboxylic acid groups (broad SMARTS) is 1. The SMILES string of the molecule is CC(C)(C(=O)N1CC2(CN(C(=O)c3cnn(Cc4ccc(F)cc4)c3)C[C@H]2COCc2cccc(-c3ccc(C(F)(F)F)s3)c2C(=O)O)C1)C(F)(F)F. The largest absolute Gasteiger partial charge is 0.478 e. The number of benzene rings is 2. The Bertz CT molecular complexity index is 2020. The summed E-state index contributed by atoms with van der Waals surface area (Å²) in [5, 5.41) is 14.3. The van der Waals surface area contributed by atoms with Gasteiger partial charge < -0.3 is 19.6 Å². The fourth-order valence-corrected chi connectivity index (χ4v) is 7.70. The molecular weight excluding hydrogens is 733 g/mol. The van der Waals surface area contributed by atoms with E-state index in [9.17, 15) is 50.2 Å². The van der Waals surface area contributed by atoms with E-state index in [-0.39, 0.29) is 73.1 Å². The van der Waals surface area contributed by atoms with Crippen molar-refractivity contribution in [1.82, 2.24) is 19.6 Å². The number of aromatic carboxylic acids is 1. The highest BCUT2D eigenvalue weighted by atomic mass is 32.1. The van der Waals surface area contributed by atoms with Crippen LogP contribution in [0.1, 0.15) is 50.6 Å². The Morgan fingerprint density at radius 1 is 0.962 bits per heavy atom. The summed E-state index contributed by atoms with van der Waals surface area (Å²) in [6.45, 7) is 1.57. The van der Waals surface area contributed by atoms with Gasteiger partial charge in [0.1, 0.15) is 16.1 Å². The van der Waals surface area contributed by atoms with Crippen molar-refractivity contribution < 1.29 is 55.0 Å². The van der Waals surface area contributed by atoms with E-state index in [4.69, 9.17) is 4.74 Å².